The van der Waals surface area contributed by atoms with E-state index in [1.54, 1.807) is 0 Å². The Labute approximate surface area is 180 Å². The summed E-state index contributed by atoms with van der Waals surface area (Å²) in [5.41, 5.74) is 2.30. The van der Waals surface area contributed by atoms with Gasteiger partial charge >= 0.3 is 11.9 Å². The lowest BCUT2D eigenvalue weighted by atomic mass is 10.1. The zero-order valence-electron chi connectivity index (χ0n) is 18.3. The van der Waals surface area contributed by atoms with Gasteiger partial charge in [-0.15, -0.1) is 0 Å². The molecular weight excluding hydrogens is 376 g/mol. The van der Waals surface area contributed by atoms with Crippen LogP contribution in [0.3, 0.4) is 0 Å². The van der Waals surface area contributed by atoms with Gasteiger partial charge in [0, 0.05) is 12.8 Å². The zero-order chi connectivity index (χ0) is 21.6. The van der Waals surface area contributed by atoms with E-state index in [9.17, 15) is 9.59 Å². The van der Waals surface area contributed by atoms with E-state index < -0.39 is 0 Å². The van der Waals surface area contributed by atoms with Crippen molar-refractivity contribution in [3.8, 4) is 11.5 Å². The highest BCUT2D eigenvalue weighted by atomic mass is 16.5. The van der Waals surface area contributed by atoms with E-state index in [2.05, 4.69) is 0 Å². The summed E-state index contributed by atoms with van der Waals surface area (Å²) in [5.74, 6) is 0.925. The van der Waals surface area contributed by atoms with Crippen LogP contribution in [0.25, 0.3) is 0 Å². The number of ether oxygens (including phenoxy) is 2. The molecular formula is C26H34O4. The van der Waals surface area contributed by atoms with Gasteiger partial charge in [-0.2, -0.15) is 0 Å². The zero-order valence-corrected chi connectivity index (χ0v) is 18.3. The van der Waals surface area contributed by atoms with Crippen LogP contribution in [0.2, 0.25) is 0 Å². The van der Waals surface area contributed by atoms with Gasteiger partial charge in [-0.05, 0) is 51.0 Å². The normalized spacial score (nSPS) is 10.6. The number of carbonyl (C=O) groups is 2. The molecule has 0 aliphatic carbocycles. The monoisotopic (exact) mass is 410 g/mol. The molecule has 0 saturated carbocycles. The van der Waals surface area contributed by atoms with Crippen molar-refractivity contribution < 1.29 is 19.1 Å². The van der Waals surface area contributed by atoms with E-state index in [4.69, 9.17) is 9.47 Å². The van der Waals surface area contributed by atoms with Crippen LogP contribution >= 0.6 is 0 Å². The minimum atomic E-state index is -0.156. The maximum absolute atomic E-state index is 11.8. The molecule has 0 heterocycles. The third kappa shape index (κ3) is 10.2. The van der Waals surface area contributed by atoms with Gasteiger partial charge in [0.05, 0.1) is 0 Å². The Bertz CT molecular complexity index is 695. The quantitative estimate of drug-likeness (QED) is 0.209. The summed E-state index contributed by atoms with van der Waals surface area (Å²) in [7, 11) is 0. The molecule has 4 nitrogen and oxygen atoms in total. The molecule has 0 amide bonds. The molecule has 0 aliphatic heterocycles. The van der Waals surface area contributed by atoms with Gasteiger partial charge in [-0.3, -0.25) is 9.59 Å². The number of hydrogen-bond acceptors (Lipinski definition) is 4. The highest BCUT2D eigenvalue weighted by molar-refractivity contribution is 5.72. The number of hydrogen-bond donors (Lipinski definition) is 0. The summed E-state index contributed by atoms with van der Waals surface area (Å²) >= 11 is 0. The third-order valence-corrected chi connectivity index (χ3v) is 5.02. The fourth-order valence-electron chi connectivity index (χ4n) is 3.18. The molecule has 0 aromatic heterocycles. The number of aryl methyl sites for hydroxylation is 2. The van der Waals surface area contributed by atoms with E-state index in [-0.39, 0.29) is 11.9 Å². The highest BCUT2D eigenvalue weighted by Crippen LogP contribution is 2.15. The molecule has 2 aromatic rings. The molecule has 0 unspecified atom stereocenters. The summed E-state index contributed by atoms with van der Waals surface area (Å²) in [6.45, 7) is 4.01. The van der Waals surface area contributed by atoms with Crippen LogP contribution in [0.4, 0.5) is 0 Å². The molecule has 0 bridgehead atoms. The van der Waals surface area contributed by atoms with Crippen LogP contribution in [-0.2, 0) is 9.59 Å². The predicted octanol–water partition coefficient (Wildman–Crippen LogP) is 6.72. The average molecular weight is 411 g/mol. The Hall–Kier alpha value is -2.62. The van der Waals surface area contributed by atoms with Gasteiger partial charge in [0.15, 0.2) is 0 Å². The second-order valence-electron chi connectivity index (χ2n) is 7.90. The minimum Gasteiger partial charge on any atom is -0.427 e. The molecule has 30 heavy (non-hydrogen) atoms. The molecule has 2 aromatic carbocycles. The first-order valence-electron chi connectivity index (χ1n) is 11.1. The Balaban J connectivity index is 1.40. The Morgan fingerprint density at radius 1 is 0.533 bits per heavy atom. The van der Waals surface area contributed by atoms with E-state index >= 15 is 0 Å². The third-order valence-electron chi connectivity index (χ3n) is 5.02. The van der Waals surface area contributed by atoms with Gasteiger partial charge in [0.25, 0.3) is 0 Å². The summed E-state index contributed by atoms with van der Waals surface area (Å²) in [6, 6.07) is 15.1. The predicted molar refractivity (Wildman–Crippen MR) is 120 cm³/mol. The SMILES string of the molecule is Cc1ccc(OC(=O)CCCCCCCCCCC(=O)Oc2ccc(C)cc2)cc1. The van der Waals surface area contributed by atoms with E-state index in [1.807, 2.05) is 62.4 Å². The van der Waals surface area contributed by atoms with Gasteiger partial charge < -0.3 is 9.47 Å². The maximum Gasteiger partial charge on any atom is 0.311 e. The summed E-state index contributed by atoms with van der Waals surface area (Å²) < 4.78 is 10.7. The second-order valence-corrected chi connectivity index (χ2v) is 7.90. The lowest BCUT2D eigenvalue weighted by Gasteiger charge is -2.05. The molecule has 0 spiro atoms. The lowest BCUT2D eigenvalue weighted by Crippen LogP contribution is -2.07. The first-order valence-corrected chi connectivity index (χ1v) is 11.1. The van der Waals surface area contributed by atoms with Crippen LogP contribution in [0.15, 0.2) is 48.5 Å². The van der Waals surface area contributed by atoms with Crippen molar-refractivity contribution >= 4 is 11.9 Å². The highest BCUT2D eigenvalue weighted by Gasteiger charge is 2.06. The van der Waals surface area contributed by atoms with Crippen molar-refractivity contribution in [3.63, 3.8) is 0 Å². The van der Waals surface area contributed by atoms with E-state index in [1.165, 1.54) is 12.8 Å². The van der Waals surface area contributed by atoms with Gasteiger partial charge in [0.2, 0.25) is 0 Å². The summed E-state index contributed by atoms with van der Waals surface area (Å²) in [6.07, 6.45) is 9.37. The van der Waals surface area contributed by atoms with Crippen LogP contribution in [0.1, 0.15) is 75.3 Å². The van der Waals surface area contributed by atoms with Crippen LogP contribution in [0.5, 0.6) is 11.5 Å². The fraction of sp³-hybridized carbons (Fsp3) is 0.462. The largest absolute Gasteiger partial charge is 0.427 e. The number of benzene rings is 2. The van der Waals surface area contributed by atoms with Crippen molar-refractivity contribution in [2.24, 2.45) is 0 Å². The number of rotatable bonds is 13. The molecule has 2 rings (SSSR count). The molecule has 0 N–H and O–H groups in total. The van der Waals surface area contributed by atoms with Crippen molar-refractivity contribution in [2.75, 3.05) is 0 Å². The molecule has 0 atom stereocenters. The molecule has 0 saturated heterocycles. The Morgan fingerprint density at radius 2 is 0.833 bits per heavy atom. The summed E-state index contributed by atoms with van der Waals surface area (Å²) in [4.78, 5) is 23.7. The maximum atomic E-state index is 11.8. The van der Waals surface area contributed by atoms with Gasteiger partial charge in [-0.25, -0.2) is 0 Å². The average Bonchev–Trinajstić information content (AvgIpc) is 2.73. The Kier molecular flexibility index (Phi) is 10.7. The van der Waals surface area contributed by atoms with Crippen LogP contribution < -0.4 is 9.47 Å². The van der Waals surface area contributed by atoms with Crippen LogP contribution in [0, 0.1) is 13.8 Å². The van der Waals surface area contributed by atoms with Crippen molar-refractivity contribution in [3.05, 3.63) is 59.7 Å². The standard InChI is InChI=1S/C26H34O4/c1-21-13-17-23(18-14-21)29-25(27)11-9-7-5-3-4-6-8-10-12-26(28)30-24-19-15-22(2)16-20-24/h13-20H,3-12H2,1-2H3. The van der Waals surface area contributed by atoms with Crippen molar-refractivity contribution in [2.45, 2.75) is 78.1 Å². The van der Waals surface area contributed by atoms with Crippen molar-refractivity contribution in [1.82, 2.24) is 0 Å². The first kappa shape index (κ1) is 23.7. The minimum absolute atomic E-state index is 0.156. The Morgan fingerprint density at radius 3 is 1.17 bits per heavy atom. The number of carbonyl (C=O) groups excluding carboxylic acids is 2. The van der Waals surface area contributed by atoms with Crippen LogP contribution in [-0.4, -0.2) is 11.9 Å². The topological polar surface area (TPSA) is 52.6 Å². The van der Waals surface area contributed by atoms with Gasteiger partial charge in [-0.1, -0.05) is 73.9 Å². The van der Waals surface area contributed by atoms with E-state index in [0.717, 1.165) is 49.7 Å². The molecule has 162 valence electrons. The molecule has 0 radical (unpaired) electrons. The second kappa shape index (κ2) is 13.6. The van der Waals surface area contributed by atoms with Crippen molar-refractivity contribution in [1.29, 1.82) is 0 Å². The molecule has 0 aliphatic rings. The number of esters is 2. The summed E-state index contributed by atoms with van der Waals surface area (Å²) in [5, 5.41) is 0. The smallest absolute Gasteiger partial charge is 0.311 e. The number of unbranched alkanes of at least 4 members (excludes halogenated alkanes) is 7. The fourth-order valence-corrected chi connectivity index (χ4v) is 3.18. The molecule has 4 heteroatoms. The van der Waals surface area contributed by atoms with E-state index in [0.29, 0.717) is 24.3 Å². The van der Waals surface area contributed by atoms with Gasteiger partial charge in [0.1, 0.15) is 11.5 Å². The molecule has 0 fully saturated rings. The lowest BCUT2D eigenvalue weighted by molar-refractivity contribution is -0.135. The first-order chi connectivity index (χ1) is 14.5.